The van der Waals surface area contributed by atoms with Gasteiger partial charge in [-0.15, -0.1) is 11.3 Å². The third-order valence-corrected chi connectivity index (χ3v) is 6.76. The largest absolute Gasteiger partial charge is 0.342 e. The molecule has 0 aromatic carbocycles. The van der Waals surface area contributed by atoms with Crippen LogP contribution in [0, 0.1) is 19.8 Å². The highest BCUT2D eigenvalue weighted by atomic mass is 32.2. The number of hydrogen-bond donors (Lipinski definition) is 0. The number of aromatic nitrogens is 2. The first-order valence-electron chi connectivity index (χ1n) is 8.66. The molecule has 1 saturated heterocycles. The molecule has 3 rings (SSSR count). The van der Waals surface area contributed by atoms with Crippen LogP contribution in [0.4, 0.5) is 0 Å². The summed E-state index contributed by atoms with van der Waals surface area (Å²) in [5, 5.41) is 2.11. The number of amides is 1. The Morgan fingerprint density at radius 1 is 1.38 bits per heavy atom. The molecule has 1 aliphatic rings. The van der Waals surface area contributed by atoms with Gasteiger partial charge in [0.2, 0.25) is 5.91 Å². The molecule has 1 amide bonds. The van der Waals surface area contributed by atoms with Crippen molar-refractivity contribution in [3.63, 3.8) is 0 Å². The third-order valence-electron chi connectivity index (χ3n) is 4.70. The van der Waals surface area contributed by atoms with E-state index in [9.17, 15) is 4.79 Å². The fourth-order valence-corrected chi connectivity index (χ4v) is 5.27. The predicted molar refractivity (Wildman–Crippen MR) is 102 cm³/mol. The monoisotopic (exact) mass is 363 g/mol. The molecule has 130 valence electrons. The van der Waals surface area contributed by atoms with E-state index < -0.39 is 0 Å². The highest BCUT2D eigenvalue weighted by Gasteiger charge is 2.22. The smallest absolute Gasteiger partial charge is 0.232 e. The number of fused-ring (bicyclic) bond motifs is 1. The summed E-state index contributed by atoms with van der Waals surface area (Å²) in [6.45, 7) is 10.4. The molecule has 0 saturated carbocycles. The van der Waals surface area contributed by atoms with Gasteiger partial charge in [0.15, 0.2) is 0 Å². The van der Waals surface area contributed by atoms with Crippen LogP contribution in [0.2, 0.25) is 0 Å². The minimum absolute atomic E-state index is 0.237. The van der Waals surface area contributed by atoms with Gasteiger partial charge in [-0.25, -0.2) is 9.97 Å². The standard InChI is InChI=1S/C18H25N3OS2/c1-5-14-19-17(16-12(3)13(4)24-18(16)20-14)23-10-15(22)21-8-6-7-11(2)9-21/h11H,5-10H2,1-4H3/t11-/m0/s1. The lowest BCUT2D eigenvalue weighted by Crippen LogP contribution is -2.40. The Morgan fingerprint density at radius 3 is 2.88 bits per heavy atom. The molecule has 2 aromatic rings. The van der Waals surface area contributed by atoms with Gasteiger partial charge in [0, 0.05) is 29.8 Å². The zero-order valence-electron chi connectivity index (χ0n) is 14.9. The first-order valence-corrected chi connectivity index (χ1v) is 10.5. The number of carbonyl (C=O) groups is 1. The number of aryl methyl sites for hydroxylation is 3. The Bertz CT molecular complexity index is 756. The molecule has 6 heteroatoms. The van der Waals surface area contributed by atoms with Crippen LogP contribution in [0.15, 0.2) is 5.03 Å². The van der Waals surface area contributed by atoms with Crippen molar-refractivity contribution in [1.82, 2.24) is 14.9 Å². The number of thiophene rings is 1. The van der Waals surface area contributed by atoms with Crippen molar-refractivity contribution in [2.24, 2.45) is 5.92 Å². The lowest BCUT2D eigenvalue weighted by atomic mass is 10.0. The maximum atomic E-state index is 12.6. The number of carbonyl (C=O) groups excluding carboxylic acids is 1. The lowest BCUT2D eigenvalue weighted by molar-refractivity contribution is -0.130. The summed E-state index contributed by atoms with van der Waals surface area (Å²) in [7, 11) is 0. The number of rotatable bonds is 4. The van der Waals surface area contributed by atoms with E-state index >= 15 is 0 Å². The fourth-order valence-electron chi connectivity index (χ4n) is 3.15. The second-order valence-electron chi connectivity index (χ2n) is 6.64. The summed E-state index contributed by atoms with van der Waals surface area (Å²) in [4.78, 5) is 26.3. The van der Waals surface area contributed by atoms with Gasteiger partial charge in [0.25, 0.3) is 0 Å². The number of nitrogens with zero attached hydrogens (tertiary/aromatic N) is 3. The number of likely N-dealkylation sites (tertiary alicyclic amines) is 1. The first-order chi connectivity index (χ1) is 11.5. The van der Waals surface area contributed by atoms with Gasteiger partial charge in [-0.1, -0.05) is 25.6 Å². The minimum Gasteiger partial charge on any atom is -0.342 e. The van der Waals surface area contributed by atoms with Crippen molar-refractivity contribution in [3.8, 4) is 0 Å². The molecule has 4 nitrogen and oxygen atoms in total. The van der Waals surface area contributed by atoms with Gasteiger partial charge < -0.3 is 4.90 Å². The predicted octanol–water partition coefficient (Wildman–Crippen LogP) is 4.22. The van der Waals surface area contributed by atoms with Crippen LogP contribution in [0.25, 0.3) is 10.2 Å². The summed E-state index contributed by atoms with van der Waals surface area (Å²) in [5.41, 5.74) is 1.25. The Kier molecular flexibility index (Phi) is 5.45. The molecule has 3 heterocycles. The van der Waals surface area contributed by atoms with Crippen LogP contribution >= 0.6 is 23.1 Å². The number of piperidine rings is 1. The summed E-state index contributed by atoms with van der Waals surface area (Å²) in [5.74, 6) is 2.19. The van der Waals surface area contributed by atoms with E-state index in [2.05, 4.69) is 32.7 Å². The topological polar surface area (TPSA) is 46.1 Å². The summed E-state index contributed by atoms with van der Waals surface area (Å²) >= 11 is 3.30. The van der Waals surface area contributed by atoms with E-state index in [1.807, 2.05) is 4.90 Å². The molecular weight excluding hydrogens is 338 g/mol. The molecule has 0 spiro atoms. The fraction of sp³-hybridized carbons (Fsp3) is 0.611. The van der Waals surface area contributed by atoms with Crippen molar-refractivity contribution in [2.75, 3.05) is 18.8 Å². The van der Waals surface area contributed by atoms with Gasteiger partial charge >= 0.3 is 0 Å². The average Bonchev–Trinajstić information content (AvgIpc) is 2.86. The summed E-state index contributed by atoms with van der Waals surface area (Å²) in [6, 6.07) is 0. The van der Waals surface area contributed by atoms with Crippen LogP contribution in [-0.2, 0) is 11.2 Å². The SMILES string of the molecule is CCc1nc(SCC(=O)N2CCC[C@H](C)C2)c2c(C)c(C)sc2n1. The highest BCUT2D eigenvalue weighted by molar-refractivity contribution is 8.00. The van der Waals surface area contributed by atoms with Crippen LogP contribution in [0.5, 0.6) is 0 Å². The third kappa shape index (κ3) is 3.59. The molecule has 0 bridgehead atoms. The molecule has 1 atom stereocenters. The Balaban J connectivity index is 1.80. The maximum absolute atomic E-state index is 12.6. The average molecular weight is 364 g/mol. The molecule has 0 N–H and O–H groups in total. The maximum Gasteiger partial charge on any atom is 0.232 e. The molecule has 1 fully saturated rings. The first kappa shape index (κ1) is 17.7. The van der Waals surface area contributed by atoms with E-state index in [0.717, 1.165) is 47.0 Å². The zero-order chi connectivity index (χ0) is 17.3. The van der Waals surface area contributed by atoms with Crippen molar-refractivity contribution in [3.05, 3.63) is 16.3 Å². The van der Waals surface area contributed by atoms with Crippen molar-refractivity contribution in [2.45, 2.75) is 52.0 Å². The van der Waals surface area contributed by atoms with Gasteiger partial charge in [0.1, 0.15) is 15.7 Å². The molecule has 2 aromatic heterocycles. The molecule has 0 radical (unpaired) electrons. The van der Waals surface area contributed by atoms with E-state index in [1.54, 1.807) is 23.1 Å². The Labute approximate surface area is 152 Å². The summed E-state index contributed by atoms with van der Waals surface area (Å²) in [6.07, 6.45) is 3.17. The van der Waals surface area contributed by atoms with Gasteiger partial charge in [-0.2, -0.15) is 0 Å². The van der Waals surface area contributed by atoms with Gasteiger partial charge in [0.05, 0.1) is 5.75 Å². The van der Waals surface area contributed by atoms with E-state index in [1.165, 1.54) is 16.9 Å². The van der Waals surface area contributed by atoms with E-state index in [4.69, 9.17) is 4.98 Å². The normalized spacial score (nSPS) is 18.3. The van der Waals surface area contributed by atoms with Crippen molar-refractivity contribution >= 4 is 39.2 Å². The van der Waals surface area contributed by atoms with Crippen LogP contribution < -0.4 is 0 Å². The van der Waals surface area contributed by atoms with Gasteiger partial charge in [-0.05, 0) is 38.2 Å². The number of hydrogen-bond acceptors (Lipinski definition) is 5. The van der Waals surface area contributed by atoms with E-state index in [0.29, 0.717) is 11.7 Å². The molecule has 0 aliphatic carbocycles. The summed E-state index contributed by atoms with van der Waals surface area (Å²) < 4.78 is 0. The molecule has 24 heavy (non-hydrogen) atoms. The lowest BCUT2D eigenvalue weighted by Gasteiger charge is -2.30. The van der Waals surface area contributed by atoms with Crippen LogP contribution in [0.3, 0.4) is 0 Å². The molecule has 0 unspecified atom stereocenters. The number of thioether (sulfide) groups is 1. The van der Waals surface area contributed by atoms with Crippen LogP contribution in [-0.4, -0.2) is 39.6 Å². The van der Waals surface area contributed by atoms with Crippen LogP contribution in [0.1, 0.15) is 43.0 Å². The minimum atomic E-state index is 0.237. The van der Waals surface area contributed by atoms with Crippen molar-refractivity contribution < 1.29 is 4.79 Å². The molecule has 1 aliphatic heterocycles. The second kappa shape index (κ2) is 7.40. The van der Waals surface area contributed by atoms with Gasteiger partial charge in [-0.3, -0.25) is 4.79 Å². The molecular formula is C18H25N3OS2. The zero-order valence-corrected chi connectivity index (χ0v) is 16.5. The Morgan fingerprint density at radius 2 is 2.17 bits per heavy atom. The Hall–Kier alpha value is -1.14. The van der Waals surface area contributed by atoms with Crippen molar-refractivity contribution in [1.29, 1.82) is 0 Å². The quantitative estimate of drug-likeness (QED) is 0.603. The second-order valence-corrected chi connectivity index (χ2v) is 8.81. The van der Waals surface area contributed by atoms with E-state index in [-0.39, 0.29) is 5.91 Å². The highest BCUT2D eigenvalue weighted by Crippen LogP contribution is 2.35.